The van der Waals surface area contributed by atoms with E-state index in [1.54, 1.807) is 23.1 Å². The first-order valence-electron chi connectivity index (χ1n) is 16.2. The number of carbonyl (C=O) groups is 2. The lowest BCUT2D eigenvalue weighted by Crippen LogP contribution is -2.54. The van der Waals surface area contributed by atoms with E-state index >= 15 is 0 Å². The maximum Gasteiger partial charge on any atom is 0.320 e. The third-order valence-electron chi connectivity index (χ3n) is 9.59. The van der Waals surface area contributed by atoms with Crippen molar-refractivity contribution in [2.24, 2.45) is 0 Å². The van der Waals surface area contributed by atoms with Gasteiger partial charge in [-0.25, -0.2) is 13.6 Å². The highest BCUT2D eigenvalue weighted by Crippen LogP contribution is 2.36. The van der Waals surface area contributed by atoms with E-state index < -0.39 is 17.2 Å². The summed E-state index contributed by atoms with van der Waals surface area (Å²) in [4.78, 5) is 35.2. The zero-order valence-electron chi connectivity index (χ0n) is 26.2. The first-order chi connectivity index (χ1) is 21.9. The van der Waals surface area contributed by atoms with E-state index in [1.807, 2.05) is 41.3 Å². The predicted octanol–water partition coefficient (Wildman–Crippen LogP) is 6.33. The van der Waals surface area contributed by atoms with Gasteiger partial charge in [0.15, 0.2) is 11.6 Å². The summed E-state index contributed by atoms with van der Waals surface area (Å²) in [6, 6.07) is 23.5. The molecule has 3 aliphatic rings. The fourth-order valence-electron chi connectivity index (χ4n) is 6.99. The van der Waals surface area contributed by atoms with Crippen LogP contribution in [0.4, 0.5) is 13.6 Å². The Labute approximate surface area is 276 Å². The minimum atomic E-state index is -0.973. The van der Waals surface area contributed by atoms with Gasteiger partial charge in [-0.2, -0.15) is 0 Å². The molecule has 1 unspecified atom stereocenters. The van der Waals surface area contributed by atoms with Crippen molar-refractivity contribution in [3.05, 3.63) is 107 Å². The standard InChI is InChI=1S/C36H42F2N4O3.ClH/c37-32-14-13-30(25-33(32)38)36(27-41(23-24-45-36)34(43)29-11-5-2-6-12-29)17-22-39-20-15-31(16-21-39)42(26-28-9-3-1-4-10-28)35(44)40-18-7-8-19-40;/h1-6,9-14,25,31H,7-8,15-24,26-27H2;1H. The van der Waals surface area contributed by atoms with E-state index in [9.17, 15) is 18.4 Å². The zero-order valence-corrected chi connectivity index (χ0v) is 27.0. The van der Waals surface area contributed by atoms with Crippen LogP contribution in [0.5, 0.6) is 0 Å². The molecule has 3 amide bonds. The molecule has 0 bridgehead atoms. The smallest absolute Gasteiger partial charge is 0.320 e. The molecule has 3 fully saturated rings. The second kappa shape index (κ2) is 15.4. The maximum absolute atomic E-state index is 14.5. The molecule has 0 spiro atoms. The molecule has 3 aliphatic heterocycles. The van der Waals surface area contributed by atoms with Gasteiger partial charge in [-0.3, -0.25) is 4.79 Å². The molecule has 3 heterocycles. The molecule has 10 heteroatoms. The van der Waals surface area contributed by atoms with Crippen molar-refractivity contribution < 1.29 is 23.1 Å². The van der Waals surface area contributed by atoms with Gasteiger partial charge in [-0.05, 0) is 67.5 Å². The molecule has 0 saturated carbocycles. The van der Waals surface area contributed by atoms with Gasteiger partial charge in [0.2, 0.25) is 0 Å². The Hall–Kier alpha value is -3.53. The molecule has 0 N–H and O–H groups in total. The molecule has 3 aromatic carbocycles. The number of piperidine rings is 1. The first kappa shape index (κ1) is 33.8. The van der Waals surface area contributed by atoms with Crippen molar-refractivity contribution in [1.82, 2.24) is 19.6 Å². The fourth-order valence-corrected chi connectivity index (χ4v) is 6.99. The summed E-state index contributed by atoms with van der Waals surface area (Å²) < 4.78 is 34.9. The van der Waals surface area contributed by atoms with Gasteiger partial charge in [-0.1, -0.05) is 54.6 Å². The van der Waals surface area contributed by atoms with Crippen LogP contribution in [0.3, 0.4) is 0 Å². The monoisotopic (exact) mass is 652 g/mol. The molecule has 3 aromatic rings. The summed E-state index contributed by atoms with van der Waals surface area (Å²) >= 11 is 0. The predicted molar refractivity (Wildman–Crippen MR) is 176 cm³/mol. The summed E-state index contributed by atoms with van der Waals surface area (Å²) in [6.07, 6.45) is 4.33. The van der Waals surface area contributed by atoms with Crippen LogP contribution in [0.2, 0.25) is 0 Å². The highest BCUT2D eigenvalue weighted by molar-refractivity contribution is 5.94. The van der Waals surface area contributed by atoms with Gasteiger partial charge in [-0.15, -0.1) is 12.4 Å². The maximum atomic E-state index is 14.5. The molecule has 46 heavy (non-hydrogen) atoms. The van der Waals surface area contributed by atoms with Crippen molar-refractivity contribution in [3.8, 4) is 0 Å². The number of hydrogen-bond acceptors (Lipinski definition) is 4. The topological polar surface area (TPSA) is 56.3 Å². The van der Waals surface area contributed by atoms with Crippen molar-refractivity contribution in [2.45, 2.75) is 50.3 Å². The van der Waals surface area contributed by atoms with Crippen molar-refractivity contribution >= 4 is 24.3 Å². The number of amides is 3. The van der Waals surface area contributed by atoms with Gasteiger partial charge in [0, 0.05) is 57.4 Å². The summed E-state index contributed by atoms with van der Waals surface area (Å²) in [7, 11) is 0. The SMILES string of the molecule is Cl.O=C(c1ccccc1)N1CCOC(CCN2CCC(N(Cc3ccccc3)C(=O)N3CCCC3)CC2)(c2ccc(F)c(F)c2)C1. The lowest BCUT2D eigenvalue weighted by atomic mass is 9.87. The largest absolute Gasteiger partial charge is 0.367 e. The summed E-state index contributed by atoms with van der Waals surface area (Å²) in [5.41, 5.74) is 1.28. The Morgan fingerprint density at radius 1 is 0.826 bits per heavy atom. The van der Waals surface area contributed by atoms with Gasteiger partial charge < -0.3 is 24.3 Å². The summed E-state index contributed by atoms with van der Waals surface area (Å²) in [5, 5.41) is 0. The number of hydrogen-bond donors (Lipinski definition) is 0. The molecule has 0 radical (unpaired) electrons. The van der Waals surface area contributed by atoms with Crippen LogP contribution in [0.15, 0.2) is 78.9 Å². The van der Waals surface area contributed by atoms with Crippen molar-refractivity contribution in [1.29, 1.82) is 0 Å². The number of ether oxygens (including phenoxy) is 1. The normalized spacial score (nSPS) is 20.7. The van der Waals surface area contributed by atoms with Crippen LogP contribution < -0.4 is 0 Å². The van der Waals surface area contributed by atoms with E-state index in [2.05, 4.69) is 21.9 Å². The van der Waals surface area contributed by atoms with E-state index in [4.69, 9.17) is 4.74 Å². The fraction of sp³-hybridized carbons (Fsp3) is 0.444. The van der Waals surface area contributed by atoms with Crippen LogP contribution >= 0.6 is 12.4 Å². The third kappa shape index (κ3) is 7.70. The second-order valence-electron chi connectivity index (χ2n) is 12.5. The van der Waals surface area contributed by atoms with Crippen LogP contribution in [-0.2, 0) is 16.9 Å². The number of rotatable bonds is 8. The minimum Gasteiger partial charge on any atom is -0.367 e. The third-order valence-corrected chi connectivity index (χ3v) is 9.59. The van der Waals surface area contributed by atoms with Gasteiger partial charge >= 0.3 is 6.03 Å². The second-order valence-corrected chi connectivity index (χ2v) is 12.5. The number of benzene rings is 3. The quantitative estimate of drug-likeness (QED) is 0.286. The molecule has 3 saturated heterocycles. The number of urea groups is 1. The molecule has 7 nitrogen and oxygen atoms in total. The van der Waals surface area contributed by atoms with Gasteiger partial charge in [0.25, 0.3) is 5.91 Å². The molecule has 0 aromatic heterocycles. The van der Waals surface area contributed by atoms with Crippen LogP contribution in [-0.4, -0.2) is 90.0 Å². The average molecular weight is 653 g/mol. The van der Waals surface area contributed by atoms with Crippen molar-refractivity contribution in [3.63, 3.8) is 0 Å². The van der Waals surface area contributed by atoms with E-state index in [0.717, 1.165) is 63.5 Å². The lowest BCUT2D eigenvalue weighted by Gasteiger charge is -2.45. The molecular weight excluding hydrogens is 610 g/mol. The highest BCUT2D eigenvalue weighted by Gasteiger charge is 2.41. The summed E-state index contributed by atoms with van der Waals surface area (Å²) in [5.74, 6) is -1.94. The lowest BCUT2D eigenvalue weighted by molar-refractivity contribution is -0.114. The van der Waals surface area contributed by atoms with Gasteiger partial charge in [0.05, 0.1) is 13.2 Å². The van der Waals surface area contributed by atoms with E-state index in [0.29, 0.717) is 43.8 Å². The Morgan fingerprint density at radius 3 is 2.17 bits per heavy atom. The molecule has 0 aliphatic carbocycles. The Morgan fingerprint density at radius 2 is 1.50 bits per heavy atom. The summed E-state index contributed by atoms with van der Waals surface area (Å²) in [6.45, 7) is 5.49. The van der Waals surface area contributed by atoms with E-state index in [-0.39, 0.29) is 36.9 Å². The zero-order chi connectivity index (χ0) is 31.2. The Bertz CT molecular complexity index is 1450. The first-order valence-corrected chi connectivity index (χ1v) is 16.2. The number of likely N-dealkylation sites (tertiary alicyclic amines) is 2. The minimum absolute atomic E-state index is 0. The average Bonchev–Trinajstić information content (AvgIpc) is 3.64. The van der Waals surface area contributed by atoms with Crippen LogP contribution in [0, 0.1) is 11.6 Å². The Balaban J connectivity index is 0.00000417. The number of halogens is 3. The number of carbonyl (C=O) groups excluding carboxylic acids is 2. The molecule has 6 rings (SSSR count). The number of morpholine rings is 1. The van der Waals surface area contributed by atoms with Crippen molar-refractivity contribution in [2.75, 3.05) is 52.4 Å². The molecular formula is C36H43ClF2N4O3. The molecule has 1 atom stereocenters. The van der Waals surface area contributed by atoms with Gasteiger partial charge in [0.1, 0.15) is 5.60 Å². The van der Waals surface area contributed by atoms with Crippen LogP contribution in [0.25, 0.3) is 0 Å². The Kier molecular flexibility index (Phi) is 11.3. The molecule has 246 valence electrons. The number of nitrogens with zero attached hydrogens (tertiary/aromatic N) is 4. The van der Waals surface area contributed by atoms with Crippen LogP contribution in [0.1, 0.15) is 53.6 Å². The highest BCUT2D eigenvalue weighted by atomic mass is 35.5. The van der Waals surface area contributed by atoms with E-state index in [1.165, 1.54) is 6.07 Å².